The molecule has 2 heterocycles. The molecule has 2 saturated heterocycles. The number of carbonyl (C=O) groups is 2. The van der Waals surface area contributed by atoms with Crippen LogP contribution in [0.25, 0.3) is 0 Å². The van der Waals surface area contributed by atoms with Crippen molar-refractivity contribution in [3.63, 3.8) is 0 Å². The molecule has 0 saturated carbocycles. The molecular weight excluding hydrogens is 756 g/mol. The first-order valence-electron chi connectivity index (χ1n) is 21.2. The van der Waals surface area contributed by atoms with Crippen molar-refractivity contribution in [2.45, 2.75) is 184 Å². The Balaban J connectivity index is 1.92. The Morgan fingerprint density at radius 2 is 1.09 bits per heavy atom. The molecule has 7 N–H and O–H groups in total. The Bertz CT molecular complexity index is 1210. The Morgan fingerprint density at radius 1 is 0.569 bits per heavy atom. The highest BCUT2D eigenvalue weighted by atomic mass is 16.7. The molecule has 2 aliphatic rings. The van der Waals surface area contributed by atoms with Crippen molar-refractivity contribution >= 4 is 11.9 Å². The van der Waals surface area contributed by atoms with Crippen LogP contribution in [0.1, 0.15) is 117 Å². The van der Waals surface area contributed by atoms with Gasteiger partial charge in [-0.05, 0) is 38.5 Å². The summed E-state index contributed by atoms with van der Waals surface area (Å²) in [7, 11) is 0. The maximum atomic E-state index is 12.8. The van der Waals surface area contributed by atoms with E-state index < -0.39 is 99.3 Å². The van der Waals surface area contributed by atoms with Gasteiger partial charge in [0.05, 0.1) is 19.8 Å². The molecule has 0 aromatic carbocycles. The van der Waals surface area contributed by atoms with Crippen LogP contribution in [0.15, 0.2) is 48.6 Å². The lowest BCUT2D eigenvalue weighted by Crippen LogP contribution is -2.61. The van der Waals surface area contributed by atoms with Crippen molar-refractivity contribution in [2.75, 3.05) is 26.4 Å². The van der Waals surface area contributed by atoms with Crippen LogP contribution >= 0.6 is 0 Å². The van der Waals surface area contributed by atoms with E-state index in [2.05, 4.69) is 44.2 Å². The number of aliphatic hydroxyl groups is 7. The zero-order chi connectivity index (χ0) is 42.5. The van der Waals surface area contributed by atoms with Gasteiger partial charge in [0.15, 0.2) is 18.7 Å². The third kappa shape index (κ3) is 20.6. The van der Waals surface area contributed by atoms with E-state index in [-0.39, 0.29) is 19.4 Å². The number of hydrogen-bond acceptors (Lipinski definition) is 15. The summed E-state index contributed by atoms with van der Waals surface area (Å²) in [5.41, 5.74) is 0. The third-order valence-corrected chi connectivity index (χ3v) is 9.83. The van der Waals surface area contributed by atoms with E-state index in [0.29, 0.717) is 19.3 Å². The van der Waals surface area contributed by atoms with Gasteiger partial charge >= 0.3 is 11.9 Å². The molecule has 0 aromatic rings. The Kier molecular flexibility index (Phi) is 27.9. The zero-order valence-electron chi connectivity index (χ0n) is 34.5. The van der Waals surface area contributed by atoms with E-state index >= 15 is 0 Å². The van der Waals surface area contributed by atoms with Gasteiger partial charge in [-0.15, -0.1) is 0 Å². The molecule has 0 spiro atoms. The molecule has 0 amide bonds. The lowest BCUT2D eigenvalue weighted by Gasteiger charge is -2.42. The highest BCUT2D eigenvalue weighted by Crippen LogP contribution is 2.26. The van der Waals surface area contributed by atoms with Crippen LogP contribution < -0.4 is 0 Å². The van der Waals surface area contributed by atoms with Crippen LogP contribution in [0.4, 0.5) is 0 Å². The van der Waals surface area contributed by atoms with Gasteiger partial charge in [-0.2, -0.15) is 0 Å². The molecular formula is C43H72O15. The molecule has 2 fully saturated rings. The van der Waals surface area contributed by atoms with E-state index in [9.17, 15) is 45.3 Å². The number of aliphatic hydroxyl groups excluding tert-OH is 7. The summed E-state index contributed by atoms with van der Waals surface area (Å²) in [6, 6.07) is 0. The lowest BCUT2D eigenvalue weighted by atomic mass is 9.98. The SMILES string of the molecule is CC/C=C\C/C=C\C/C=C\C/C=C\CCC(=O)OC(COC(=O)CCCCCCCCCCC)COC1OC(COC2OC(CO)C(O)C(O)C2O)C(O)C(O)C1O. The molecule has 0 aliphatic carbocycles. The maximum Gasteiger partial charge on any atom is 0.306 e. The fraction of sp³-hybridized carbons (Fsp3) is 0.767. The quantitative estimate of drug-likeness (QED) is 0.0312. The van der Waals surface area contributed by atoms with Gasteiger partial charge in [0, 0.05) is 12.8 Å². The van der Waals surface area contributed by atoms with E-state index in [1.165, 1.54) is 32.1 Å². The first-order chi connectivity index (χ1) is 28.0. The minimum atomic E-state index is -1.77. The van der Waals surface area contributed by atoms with Crippen LogP contribution in [-0.2, 0) is 38.0 Å². The summed E-state index contributed by atoms with van der Waals surface area (Å²) in [5, 5.41) is 71.7. The molecule has 0 aromatic heterocycles. The predicted octanol–water partition coefficient (Wildman–Crippen LogP) is 3.59. The van der Waals surface area contributed by atoms with Gasteiger partial charge in [0.2, 0.25) is 0 Å². The van der Waals surface area contributed by atoms with E-state index in [1.807, 2.05) is 18.2 Å². The second-order valence-electron chi connectivity index (χ2n) is 14.8. The number of ether oxygens (including phenoxy) is 6. The minimum Gasteiger partial charge on any atom is -0.462 e. The average Bonchev–Trinajstić information content (AvgIpc) is 3.21. The summed E-state index contributed by atoms with van der Waals surface area (Å²) < 4.78 is 33.2. The summed E-state index contributed by atoms with van der Waals surface area (Å²) in [6.45, 7) is 2.32. The first-order valence-corrected chi connectivity index (χ1v) is 21.2. The molecule has 15 nitrogen and oxygen atoms in total. The van der Waals surface area contributed by atoms with Gasteiger partial charge in [-0.3, -0.25) is 9.59 Å². The van der Waals surface area contributed by atoms with Crippen molar-refractivity contribution in [1.82, 2.24) is 0 Å². The van der Waals surface area contributed by atoms with Gasteiger partial charge < -0.3 is 64.2 Å². The molecule has 15 heteroatoms. The molecule has 0 radical (unpaired) electrons. The summed E-state index contributed by atoms with van der Waals surface area (Å²) in [4.78, 5) is 25.4. The summed E-state index contributed by atoms with van der Waals surface area (Å²) in [5.74, 6) is -1.03. The normalized spacial score (nSPS) is 28.6. The topological polar surface area (TPSA) is 231 Å². The second-order valence-corrected chi connectivity index (χ2v) is 14.8. The average molecular weight is 829 g/mol. The molecule has 11 atom stereocenters. The van der Waals surface area contributed by atoms with Crippen LogP contribution in [0.5, 0.6) is 0 Å². The maximum absolute atomic E-state index is 12.8. The fourth-order valence-electron chi connectivity index (χ4n) is 6.29. The van der Waals surface area contributed by atoms with E-state index in [0.717, 1.165) is 38.5 Å². The third-order valence-electron chi connectivity index (χ3n) is 9.83. The zero-order valence-corrected chi connectivity index (χ0v) is 34.5. The summed E-state index contributed by atoms with van der Waals surface area (Å²) in [6.07, 6.45) is 13.4. The largest absolute Gasteiger partial charge is 0.462 e. The van der Waals surface area contributed by atoms with Gasteiger partial charge in [0.25, 0.3) is 0 Å². The van der Waals surface area contributed by atoms with E-state index in [1.54, 1.807) is 0 Å². The van der Waals surface area contributed by atoms with Crippen molar-refractivity contribution in [3.8, 4) is 0 Å². The molecule has 58 heavy (non-hydrogen) atoms. The van der Waals surface area contributed by atoms with Gasteiger partial charge in [0.1, 0.15) is 55.4 Å². The standard InChI is InChI=1S/C43H72O15/c1-3-5-7-9-11-13-14-15-16-18-20-22-24-26-35(46)56-31(28-53-34(45)25-23-21-19-17-12-10-8-6-4-2)29-54-42-41(52)39(50)37(48)33(58-42)30-55-43-40(51)38(49)36(47)32(27-44)57-43/h5,7,11,13,15-16,20,22,31-33,36-44,47-52H,3-4,6,8-10,12,14,17-19,21,23-30H2,1-2H3/b7-5-,13-11-,16-15-,22-20-. The van der Waals surface area contributed by atoms with Crippen molar-refractivity contribution in [1.29, 1.82) is 0 Å². The lowest BCUT2D eigenvalue weighted by molar-refractivity contribution is -0.332. The Hall–Kier alpha value is -2.54. The number of unbranched alkanes of at least 4 members (excludes halogenated alkanes) is 8. The van der Waals surface area contributed by atoms with Crippen LogP contribution in [0.2, 0.25) is 0 Å². The number of esters is 2. The molecule has 2 aliphatic heterocycles. The van der Waals surface area contributed by atoms with Crippen molar-refractivity contribution < 1.29 is 73.8 Å². The first kappa shape index (κ1) is 51.6. The van der Waals surface area contributed by atoms with Crippen LogP contribution in [0.3, 0.4) is 0 Å². The predicted molar refractivity (Wildman–Crippen MR) is 215 cm³/mol. The van der Waals surface area contributed by atoms with Crippen LogP contribution in [0, 0.1) is 0 Å². The van der Waals surface area contributed by atoms with E-state index in [4.69, 9.17) is 28.4 Å². The monoisotopic (exact) mass is 828 g/mol. The Morgan fingerprint density at radius 3 is 1.67 bits per heavy atom. The van der Waals surface area contributed by atoms with Gasteiger partial charge in [-0.1, -0.05) is 114 Å². The summed E-state index contributed by atoms with van der Waals surface area (Å²) >= 11 is 0. The minimum absolute atomic E-state index is 0.0436. The fourth-order valence-corrected chi connectivity index (χ4v) is 6.29. The number of hydrogen-bond donors (Lipinski definition) is 7. The number of carbonyl (C=O) groups excluding carboxylic acids is 2. The molecule has 0 bridgehead atoms. The highest BCUT2D eigenvalue weighted by Gasteiger charge is 2.47. The van der Waals surface area contributed by atoms with Crippen LogP contribution in [-0.4, -0.2) is 142 Å². The molecule has 11 unspecified atom stereocenters. The number of rotatable bonds is 30. The number of allylic oxidation sites excluding steroid dienone is 8. The second kappa shape index (κ2) is 31.4. The van der Waals surface area contributed by atoms with Crippen molar-refractivity contribution in [3.05, 3.63) is 48.6 Å². The van der Waals surface area contributed by atoms with Gasteiger partial charge in [-0.25, -0.2) is 0 Å². The molecule has 334 valence electrons. The Labute approximate surface area is 344 Å². The molecule has 2 rings (SSSR count). The van der Waals surface area contributed by atoms with Crippen molar-refractivity contribution in [2.24, 2.45) is 0 Å². The smallest absolute Gasteiger partial charge is 0.306 e. The highest BCUT2D eigenvalue weighted by molar-refractivity contribution is 5.70.